The summed E-state index contributed by atoms with van der Waals surface area (Å²) in [6, 6.07) is 12.8. The van der Waals surface area contributed by atoms with E-state index in [2.05, 4.69) is 5.10 Å². The molecule has 0 saturated carbocycles. The van der Waals surface area contributed by atoms with Gasteiger partial charge >= 0.3 is 6.03 Å². The van der Waals surface area contributed by atoms with Gasteiger partial charge in [0.2, 0.25) is 0 Å². The van der Waals surface area contributed by atoms with E-state index in [9.17, 15) is 13.6 Å². The van der Waals surface area contributed by atoms with E-state index in [1.54, 1.807) is 11.1 Å². The summed E-state index contributed by atoms with van der Waals surface area (Å²) in [7, 11) is 0. The molecule has 1 saturated heterocycles. The summed E-state index contributed by atoms with van der Waals surface area (Å²) in [5.41, 5.74) is 1.61. The molecule has 2 amide bonds. The van der Waals surface area contributed by atoms with E-state index in [0.29, 0.717) is 18.5 Å². The van der Waals surface area contributed by atoms with Gasteiger partial charge in [0.25, 0.3) is 0 Å². The van der Waals surface area contributed by atoms with Crippen LogP contribution in [0.15, 0.2) is 53.6 Å². The normalized spacial score (nSPS) is 21.8. The van der Waals surface area contributed by atoms with Gasteiger partial charge in [-0.1, -0.05) is 30.3 Å². The lowest BCUT2D eigenvalue weighted by molar-refractivity contribution is 0.0775. The molecule has 1 unspecified atom stereocenters. The minimum Gasteiger partial charge on any atom is -0.320 e. The van der Waals surface area contributed by atoms with Crippen molar-refractivity contribution in [1.82, 2.24) is 9.91 Å². The van der Waals surface area contributed by atoms with Crippen LogP contribution in [0.25, 0.3) is 0 Å². The molecule has 1 fully saturated rings. The van der Waals surface area contributed by atoms with E-state index in [0.717, 1.165) is 18.9 Å². The van der Waals surface area contributed by atoms with Crippen molar-refractivity contribution >= 4 is 12.2 Å². The van der Waals surface area contributed by atoms with Gasteiger partial charge in [-0.05, 0) is 36.1 Å². The minimum absolute atomic E-state index is 0.130. The Kier molecular flexibility index (Phi) is 4.41. The van der Waals surface area contributed by atoms with Crippen molar-refractivity contribution in [2.24, 2.45) is 5.10 Å². The zero-order chi connectivity index (χ0) is 18.1. The van der Waals surface area contributed by atoms with E-state index in [-0.39, 0.29) is 12.1 Å². The van der Waals surface area contributed by atoms with Gasteiger partial charge in [-0.15, -0.1) is 0 Å². The average Bonchev–Trinajstić information content (AvgIpc) is 3.08. The molecule has 2 atom stereocenters. The summed E-state index contributed by atoms with van der Waals surface area (Å²) >= 11 is 0. The first-order valence-electron chi connectivity index (χ1n) is 8.74. The molecule has 134 valence electrons. The lowest BCUT2D eigenvalue weighted by atomic mass is 9.95. The number of benzene rings is 2. The van der Waals surface area contributed by atoms with Crippen molar-refractivity contribution in [2.45, 2.75) is 31.3 Å². The molecule has 0 N–H and O–H groups in total. The van der Waals surface area contributed by atoms with Crippen molar-refractivity contribution in [3.8, 4) is 0 Å². The molecule has 2 aromatic carbocycles. The van der Waals surface area contributed by atoms with Gasteiger partial charge in [0.05, 0.1) is 6.04 Å². The second kappa shape index (κ2) is 6.86. The Morgan fingerprint density at radius 3 is 2.50 bits per heavy atom. The van der Waals surface area contributed by atoms with E-state index in [1.807, 2.05) is 30.3 Å². The monoisotopic (exact) mass is 355 g/mol. The van der Waals surface area contributed by atoms with Crippen molar-refractivity contribution < 1.29 is 13.6 Å². The van der Waals surface area contributed by atoms with Crippen molar-refractivity contribution in [3.63, 3.8) is 0 Å². The molecule has 2 aliphatic heterocycles. The largest absolute Gasteiger partial charge is 0.341 e. The van der Waals surface area contributed by atoms with Crippen LogP contribution in [0.4, 0.5) is 13.6 Å². The molecule has 4 nitrogen and oxygen atoms in total. The number of hydrogen-bond donors (Lipinski definition) is 0. The van der Waals surface area contributed by atoms with E-state index in [4.69, 9.17) is 0 Å². The van der Waals surface area contributed by atoms with Crippen LogP contribution >= 0.6 is 0 Å². The Bertz CT molecular complexity index is 820. The number of rotatable bonds is 3. The summed E-state index contributed by atoms with van der Waals surface area (Å²) in [4.78, 5) is 14.7. The standard InChI is InChI=1S/C20H19F2N3O/c21-16-11-15(12-17(22)13-16)19-6-8-23-25(19)20(26)24-9-7-18(24)10-14-4-2-1-3-5-14/h1-5,8,11-13,18-19H,6-7,9-10H2/t18?,19-/m0/s1. The fourth-order valence-corrected chi connectivity index (χ4v) is 3.57. The molecule has 26 heavy (non-hydrogen) atoms. The third-order valence-electron chi connectivity index (χ3n) is 5.00. The number of hydrazone groups is 1. The van der Waals surface area contributed by atoms with Crippen molar-refractivity contribution in [2.75, 3.05) is 6.54 Å². The summed E-state index contributed by atoms with van der Waals surface area (Å²) in [5, 5.41) is 5.52. The molecule has 0 aliphatic carbocycles. The molecule has 4 rings (SSSR count). The predicted molar refractivity (Wildman–Crippen MR) is 94.7 cm³/mol. The number of nitrogens with zero attached hydrogens (tertiary/aromatic N) is 3. The van der Waals surface area contributed by atoms with Crippen LogP contribution in [0.1, 0.15) is 30.0 Å². The molecule has 0 spiro atoms. The Hall–Kier alpha value is -2.76. The average molecular weight is 355 g/mol. The van der Waals surface area contributed by atoms with Crippen LogP contribution in [0.3, 0.4) is 0 Å². The predicted octanol–water partition coefficient (Wildman–Crippen LogP) is 4.13. The van der Waals surface area contributed by atoms with Gasteiger partial charge in [-0.3, -0.25) is 0 Å². The first-order chi connectivity index (χ1) is 12.6. The van der Waals surface area contributed by atoms with Gasteiger partial charge in [-0.25, -0.2) is 18.6 Å². The van der Waals surface area contributed by atoms with Crippen molar-refractivity contribution in [1.29, 1.82) is 0 Å². The maximum atomic E-state index is 13.6. The summed E-state index contributed by atoms with van der Waals surface area (Å²) < 4.78 is 27.1. The Morgan fingerprint density at radius 1 is 1.12 bits per heavy atom. The highest BCUT2D eigenvalue weighted by molar-refractivity contribution is 5.79. The number of likely N-dealkylation sites (tertiary alicyclic amines) is 1. The maximum absolute atomic E-state index is 13.6. The number of amides is 2. The van der Waals surface area contributed by atoms with Gasteiger partial charge in [0.15, 0.2) is 0 Å². The van der Waals surface area contributed by atoms with Crippen LogP contribution in [0.5, 0.6) is 0 Å². The van der Waals surface area contributed by atoms with Gasteiger partial charge in [0, 0.05) is 31.3 Å². The SMILES string of the molecule is O=C(N1CCC1Cc1ccccc1)N1N=CC[C@H]1c1cc(F)cc(F)c1. The van der Waals surface area contributed by atoms with Crippen molar-refractivity contribution in [3.05, 3.63) is 71.3 Å². The van der Waals surface area contributed by atoms with Crippen LogP contribution in [-0.4, -0.2) is 34.7 Å². The number of carbonyl (C=O) groups is 1. The van der Waals surface area contributed by atoms with E-state index in [1.165, 1.54) is 22.7 Å². The lowest BCUT2D eigenvalue weighted by Crippen LogP contribution is -2.55. The molecule has 2 heterocycles. The highest BCUT2D eigenvalue weighted by Crippen LogP contribution is 2.33. The van der Waals surface area contributed by atoms with Crippen LogP contribution in [-0.2, 0) is 6.42 Å². The highest BCUT2D eigenvalue weighted by Gasteiger charge is 2.39. The van der Waals surface area contributed by atoms with Gasteiger partial charge in [0.1, 0.15) is 11.6 Å². The molecular formula is C20H19F2N3O. The molecule has 0 radical (unpaired) electrons. The van der Waals surface area contributed by atoms with Gasteiger partial charge < -0.3 is 4.90 Å². The molecule has 0 aromatic heterocycles. The number of carbonyl (C=O) groups excluding carboxylic acids is 1. The Labute approximate surface area is 150 Å². The van der Waals surface area contributed by atoms with Crippen LogP contribution in [0.2, 0.25) is 0 Å². The third-order valence-corrected chi connectivity index (χ3v) is 5.00. The summed E-state index contributed by atoms with van der Waals surface area (Å²) in [6.07, 6.45) is 3.81. The summed E-state index contributed by atoms with van der Waals surface area (Å²) in [6.45, 7) is 0.673. The van der Waals surface area contributed by atoms with Crippen LogP contribution < -0.4 is 0 Å². The fraction of sp³-hybridized carbons (Fsp3) is 0.300. The lowest BCUT2D eigenvalue weighted by Gasteiger charge is -2.43. The van der Waals surface area contributed by atoms with Crippen LogP contribution in [0, 0.1) is 11.6 Å². The zero-order valence-electron chi connectivity index (χ0n) is 14.2. The number of hydrogen-bond acceptors (Lipinski definition) is 2. The second-order valence-corrected chi connectivity index (χ2v) is 6.71. The quantitative estimate of drug-likeness (QED) is 0.815. The first kappa shape index (κ1) is 16.7. The minimum atomic E-state index is -0.648. The first-order valence-corrected chi connectivity index (χ1v) is 8.74. The molecular weight excluding hydrogens is 336 g/mol. The number of halogens is 2. The van der Waals surface area contributed by atoms with Gasteiger partial charge in [-0.2, -0.15) is 5.10 Å². The number of urea groups is 1. The maximum Gasteiger partial charge on any atom is 0.341 e. The zero-order valence-corrected chi connectivity index (χ0v) is 14.2. The molecule has 0 bridgehead atoms. The second-order valence-electron chi connectivity index (χ2n) is 6.71. The van der Waals surface area contributed by atoms with E-state index >= 15 is 0 Å². The molecule has 2 aliphatic rings. The van der Waals surface area contributed by atoms with E-state index < -0.39 is 17.7 Å². The summed E-state index contributed by atoms with van der Waals surface area (Å²) in [5.74, 6) is -1.30. The molecule has 6 heteroatoms. The molecule has 2 aromatic rings. The fourth-order valence-electron chi connectivity index (χ4n) is 3.57. The Morgan fingerprint density at radius 2 is 1.85 bits per heavy atom. The third kappa shape index (κ3) is 3.19. The highest BCUT2D eigenvalue weighted by atomic mass is 19.1. The topological polar surface area (TPSA) is 35.9 Å². The smallest absolute Gasteiger partial charge is 0.320 e. The Balaban J connectivity index is 1.49.